The van der Waals surface area contributed by atoms with Crippen LogP contribution >= 0.6 is 0 Å². The van der Waals surface area contributed by atoms with Crippen LogP contribution in [0.3, 0.4) is 0 Å². The van der Waals surface area contributed by atoms with Crippen molar-refractivity contribution in [3.05, 3.63) is 48.0 Å². The van der Waals surface area contributed by atoms with E-state index in [0.717, 1.165) is 18.4 Å². The average molecular weight is 286 g/mol. The van der Waals surface area contributed by atoms with Crippen molar-refractivity contribution in [2.45, 2.75) is 50.9 Å². The van der Waals surface area contributed by atoms with Crippen molar-refractivity contribution in [1.82, 2.24) is 20.1 Å². The molecule has 1 saturated carbocycles. The Balaban J connectivity index is 1.72. The van der Waals surface area contributed by atoms with Gasteiger partial charge in [0.15, 0.2) is 0 Å². The summed E-state index contributed by atoms with van der Waals surface area (Å²) in [6.45, 7) is 4.18. The Bertz CT molecular complexity index is 583. The van der Waals surface area contributed by atoms with E-state index in [4.69, 9.17) is 0 Å². The maximum atomic E-state index is 10.1. The van der Waals surface area contributed by atoms with Crippen LogP contribution in [0.4, 0.5) is 0 Å². The molecule has 3 rings (SSSR count). The van der Waals surface area contributed by atoms with Gasteiger partial charge in [-0.05, 0) is 43.0 Å². The number of pyridine rings is 1. The van der Waals surface area contributed by atoms with Gasteiger partial charge in [0.05, 0.1) is 18.3 Å². The van der Waals surface area contributed by atoms with Crippen LogP contribution in [0.15, 0.2) is 36.9 Å². The first-order valence-electron chi connectivity index (χ1n) is 7.54. The van der Waals surface area contributed by atoms with Crippen LogP contribution in [0.1, 0.15) is 43.0 Å². The molecule has 1 unspecified atom stereocenters. The third-order valence-electron chi connectivity index (χ3n) is 4.27. The van der Waals surface area contributed by atoms with Gasteiger partial charge in [-0.1, -0.05) is 6.92 Å². The number of aromatic nitrogens is 3. The monoisotopic (exact) mass is 286 g/mol. The molecule has 0 aromatic carbocycles. The van der Waals surface area contributed by atoms with Crippen LogP contribution in [0, 0.1) is 6.92 Å². The summed E-state index contributed by atoms with van der Waals surface area (Å²) in [5, 5.41) is 18.1. The van der Waals surface area contributed by atoms with E-state index in [9.17, 15) is 5.11 Å². The zero-order chi connectivity index (χ0) is 14.8. The minimum Gasteiger partial charge on any atom is -0.391 e. The van der Waals surface area contributed by atoms with E-state index in [2.05, 4.69) is 22.3 Å². The number of nitrogens with zero attached hydrogens (tertiary/aromatic N) is 3. The van der Waals surface area contributed by atoms with Gasteiger partial charge in [-0.25, -0.2) is 0 Å². The summed E-state index contributed by atoms with van der Waals surface area (Å²) in [4.78, 5) is 4.07. The van der Waals surface area contributed by atoms with E-state index in [1.54, 1.807) is 0 Å². The van der Waals surface area contributed by atoms with Crippen LogP contribution in [0.25, 0.3) is 0 Å². The van der Waals surface area contributed by atoms with Gasteiger partial charge in [0, 0.05) is 30.7 Å². The Morgan fingerprint density at radius 2 is 2.19 bits per heavy atom. The first kappa shape index (κ1) is 14.2. The maximum absolute atomic E-state index is 10.1. The first-order valence-corrected chi connectivity index (χ1v) is 7.54. The molecule has 1 fully saturated rings. The van der Waals surface area contributed by atoms with Crippen LogP contribution in [0.2, 0.25) is 0 Å². The molecule has 5 heteroatoms. The minimum atomic E-state index is -0.322. The smallest absolute Gasteiger partial charge is 0.0932 e. The lowest BCUT2D eigenvalue weighted by Gasteiger charge is -2.43. The molecule has 2 aromatic rings. The fraction of sp³-hybridized carbons (Fsp3) is 0.500. The third-order valence-corrected chi connectivity index (χ3v) is 4.27. The lowest BCUT2D eigenvalue weighted by Crippen LogP contribution is -2.55. The van der Waals surface area contributed by atoms with Crippen LogP contribution in [0.5, 0.6) is 0 Å². The van der Waals surface area contributed by atoms with Gasteiger partial charge >= 0.3 is 0 Å². The number of aryl methyl sites for hydroxylation is 1. The Labute approximate surface area is 125 Å². The van der Waals surface area contributed by atoms with Gasteiger partial charge < -0.3 is 10.4 Å². The van der Waals surface area contributed by atoms with Crippen molar-refractivity contribution in [2.24, 2.45) is 0 Å². The summed E-state index contributed by atoms with van der Waals surface area (Å²) >= 11 is 0. The highest BCUT2D eigenvalue weighted by atomic mass is 16.3. The fourth-order valence-corrected chi connectivity index (χ4v) is 3.04. The molecule has 2 aromatic heterocycles. The second-order valence-electron chi connectivity index (χ2n) is 5.81. The molecule has 21 heavy (non-hydrogen) atoms. The van der Waals surface area contributed by atoms with Crippen molar-refractivity contribution in [3.8, 4) is 0 Å². The van der Waals surface area contributed by atoms with Crippen LogP contribution in [-0.2, 0) is 0 Å². The summed E-state index contributed by atoms with van der Waals surface area (Å²) < 4.78 is 1.89. The first-order chi connectivity index (χ1) is 10.2. The summed E-state index contributed by atoms with van der Waals surface area (Å²) in [5.74, 6) is 0. The van der Waals surface area contributed by atoms with Crippen molar-refractivity contribution in [1.29, 1.82) is 0 Å². The van der Waals surface area contributed by atoms with Gasteiger partial charge in [-0.2, -0.15) is 5.10 Å². The van der Waals surface area contributed by atoms with E-state index in [0.29, 0.717) is 0 Å². The number of hydrogen-bond donors (Lipinski definition) is 2. The minimum absolute atomic E-state index is 0.0228. The summed E-state index contributed by atoms with van der Waals surface area (Å²) in [6, 6.07) is 4.64. The van der Waals surface area contributed by atoms with Gasteiger partial charge in [-0.15, -0.1) is 0 Å². The number of aliphatic hydroxyl groups excluding tert-OH is 1. The normalized spacial score (nSPS) is 26.3. The molecule has 2 heterocycles. The number of aliphatic hydroxyl groups is 1. The number of nitrogens with one attached hydrogen (secondary N) is 1. The van der Waals surface area contributed by atoms with E-state index in [-0.39, 0.29) is 24.2 Å². The largest absolute Gasteiger partial charge is 0.391 e. The highest BCUT2D eigenvalue weighted by Gasteiger charge is 2.42. The highest BCUT2D eigenvalue weighted by molar-refractivity contribution is 5.16. The molecule has 0 saturated heterocycles. The fourth-order valence-electron chi connectivity index (χ4n) is 3.04. The molecule has 1 aliphatic carbocycles. The lowest BCUT2D eigenvalue weighted by atomic mass is 9.82. The van der Waals surface area contributed by atoms with Crippen LogP contribution in [-0.4, -0.2) is 32.0 Å². The number of rotatable bonds is 5. The van der Waals surface area contributed by atoms with Gasteiger partial charge in [0.25, 0.3) is 0 Å². The summed E-state index contributed by atoms with van der Waals surface area (Å²) in [6.07, 6.45) is 8.92. The van der Waals surface area contributed by atoms with Crippen LogP contribution < -0.4 is 5.32 Å². The Morgan fingerprint density at radius 1 is 1.43 bits per heavy atom. The Morgan fingerprint density at radius 3 is 2.76 bits per heavy atom. The average Bonchev–Trinajstić information content (AvgIpc) is 2.89. The standard InChI is InChI=1S/C16H22N4O/c1-3-13(12-4-6-17-7-5-12)19-14-8-15(21)16(14)20-10-11(2)9-18-20/h4-7,9-10,13-16,19,21H,3,8H2,1-2H3/t13?,14-,15+,16+/m0/s1. The molecule has 2 N–H and O–H groups in total. The van der Waals surface area contributed by atoms with Crippen molar-refractivity contribution < 1.29 is 5.11 Å². The van der Waals surface area contributed by atoms with E-state index >= 15 is 0 Å². The molecule has 0 radical (unpaired) electrons. The van der Waals surface area contributed by atoms with Crippen molar-refractivity contribution >= 4 is 0 Å². The highest BCUT2D eigenvalue weighted by Crippen LogP contribution is 2.34. The predicted octanol–water partition coefficient (Wildman–Crippen LogP) is 2.00. The second-order valence-corrected chi connectivity index (χ2v) is 5.81. The third kappa shape index (κ3) is 2.84. The molecule has 1 aliphatic rings. The predicted molar refractivity (Wildman–Crippen MR) is 80.8 cm³/mol. The molecule has 112 valence electrons. The number of hydrogen-bond acceptors (Lipinski definition) is 4. The molecule has 5 nitrogen and oxygen atoms in total. The molecule has 0 amide bonds. The van der Waals surface area contributed by atoms with Crippen molar-refractivity contribution in [2.75, 3.05) is 0 Å². The van der Waals surface area contributed by atoms with E-state index < -0.39 is 0 Å². The topological polar surface area (TPSA) is 63.0 Å². The Kier molecular flexibility index (Phi) is 4.03. The summed E-state index contributed by atoms with van der Waals surface area (Å²) in [7, 11) is 0. The second kappa shape index (κ2) is 5.95. The van der Waals surface area contributed by atoms with Gasteiger partial charge in [-0.3, -0.25) is 9.67 Å². The SMILES string of the molecule is CCC(N[C@H]1C[C@@H](O)[C@@H]1n1cc(C)cn1)c1ccncc1. The van der Waals surface area contributed by atoms with E-state index in [1.165, 1.54) is 5.56 Å². The van der Waals surface area contributed by atoms with Gasteiger partial charge in [0.1, 0.15) is 0 Å². The van der Waals surface area contributed by atoms with Gasteiger partial charge in [0.2, 0.25) is 0 Å². The Hall–Kier alpha value is -1.72. The maximum Gasteiger partial charge on any atom is 0.0932 e. The molecule has 0 bridgehead atoms. The van der Waals surface area contributed by atoms with Crippen molar-refractivity contribution in [3.63, 3.8) is 0 Å². The molecular formula is C16H22N4O. The lowest BCUT2D eigenvalue weighted by molar-refractivity contribution is -0.0120. The zero-order valence-corrected chi connectivity index (χ0v) is 12.5. The quantitative estimate of drug-likeness (QED) is 0.882. The molecule has 4 atom stereocenters. The molecule has 0 spiro atoms. The summed E-state index contributed by atoms with van der Waals surface area (Å²) in [5.41, 5.74) is 2.36. The zero-order valence-electron chi connectivity index (χ0n) is 12.5. The molecular weight excluding hydrogens is 264 g/mol. The van der Waals surface area contributed by atoms with E-state index in [1.807, 2.05) is 48.5 Å². The molecule has 0 aliphatic heterocycles.